The van der Waals surface area contributed by atoms with Gasteiger partial charge in [0.1, 0.15) is 5.75 Å². The summed E-state index contributed by atoms with van der Waals surface area (Å²) in [5.74, 6) is 2.30. The number of ether oxygens (including phenoxy) is 1. The summed E-state index contributed by atoms with van der Waals surface area (Å²) in [4.78, 5) is 0. The van der Waals surface area contributed by atoms with E-state index in [0.717, 1.165) is 5.75 Å². The third-order valence-electron chi connectivity index (χ3n) is 3.64. The van der Waals surface area contributed by atoms with Gasteiger partial charge >= 0.3 is 0 Å². The van der Waals surface area contributed by atoms with Crippen LogP contribution >= 0.6 is 11.8 Å². The van der Waals surface area contributed by atoms with Crippen LogP contribution in [0.3, 0.4) is 0 Å². The minimum atomic E-state index is 0.200. The number of methoxy groups -OCH3 is 1. The average Bonchev–Trinajstić information content (AvgIpc) is 2.23. The molecular formula is C15H22OS. The van der Waals surface area contributed by atoms with Crippen LogP contribution in [0.15, 0.2) is 18.2 Å². The monoisotopic (exact) mass is 250 g/mol. The standard InChI is InChI=1S/C15H22OS/c1-14(2,3)11-6-7-13(16-5)12(10-11)15(4)8-9-17-15/h6-7,10H,8-9H2,1-5H3. The summed E-state index contributed by atoms with van der Waals surface area (Å²) in [6.07, 6.45) is 1.25. The second kappa shape index (κ2) is 4.24. The lowest BCUT2D eigenvalue weighted by Gasteiger charge is -2.39. The molecule has 1 atom stereocenters. The molecule has 0 N–H and O–H groups in total. The zero-order chi connectivity index (χ0) is 12.7. The van der Waals surface area contributed by atoms with Gasteiger partial charge in [0.15, 0.2) is 0 Å². The Kier molecular flexibility index (Phi) is 3.19. The van der Waals surface area contributed by atoms with Crippen molar-refractivity contribution in [3.63, 3.8) is 0 Å². The van der Waals surface area contributed by atoms with Gasteiger partial charge < -0.3 is 4.74 Å². The Morgan fingerprint density at radius 2 is 1.94 bits per heavy atom. The zero-order valence-corrected chi connectivity index (χ0v) is 12.3. The maximum absolute atomic E-state index is 5.52. The predicted octanol–water partition coefficient (Wildman–Crippen LogP) is 4.34. The number of hydrogen-bond acceptors (Lipinski definition) is 2. The van der Waals surface area contributed by atoms with Crippen molar-refractivity contribution in [3.05, 3.63) is 29.3 Å². The molecule has 1 unspecified atom stereocenters. The molecular weight excluding hydrogens is 228 g/mol. The third-order valence-corrected chi connectivity index (χ3v) is 5.10. The van der Waals surface area contributed by atoms with Gasteiger partial charge in [0.05, 0.1) is 7.11 Å². The predicted molar refractivity (Wildman–Crippen MR) is 76.1 cm³/mol. The molecule has 0 amide bonds. The van der Waals surface area contributed by atoms with Crippen LogP contribution < -0.4 is 4.74 Å². The number of hydrogen-bond donors (Lipinski definition) is 0. The molecule has 2 rings (SSSR count). The molecule has 0 aromatic heterocycles. The van der Waals surface area contributed by atoms with Gasteiger partial charge in [0, 0.05) is 10.3 Å². The van der Waals surface area contributed by atoms with Gasteiger partial charge in [-0.3, -0.25) is 0 Å². The Morgan fingerprint density at radius 1 is 1.29 bits per heavy atom. The summed E-state index contributed by atoms with van der Waals surface area (Å²) in [5.41, 5.74) is 2.96. The van der Waals surface area contributed by atoms with E-state index in [2.05, 4.69) is 45.9 Å². The van der Waals surface area contributed by atoms with Crippen LogP contribution in [-0.4, -0.2) is 12.9 Å². The Labute approximate surface area is 109 Å². The van der Waals surface area contributed by atoms with E-state index in [1.807, 2.05) is 11.8 Å². The highest BCUT2D eigenvalue weighted by Crippen LogP contribution is 2.52. The molecule has 1 heterocycles. The Morgan fingerprint density at radius 3 is 2.35 bits per heavy atom. The number of thioether (sulfide) groups is 1. The summed E-state index contributed by atoms with van der Waals surface area (Å²) in [6, 6.07) is 6.65. The molecule has 1 aromatic rings. The Hall–Kier alpha value is -0.630. The molecule has 0 spiro atoms. The molecule has 0 aliphatic carbocycles. The van der Waals surface area contributed by atoms with Gasteiger partial charge in [-0.25, -0.2) is 0 Å². The van der Waals surface area contributed by atoms with Crippen molar-refractivity contribution in [1.82, 2.24) is 0 Å². The fourth-order valence-corrected chi connectivity index (χ4v) is 3.34. The van der Waals surface area contributed by atoms with E-state index < -0.39 is 0 Å². The fraction of sp³-hybridized carbons (Fsp3) is 0.600. The molecule has 0 saturated carbocycles. The zero-order valence-electron chi connectivity index (χ0n) is 11.5. The molecule has 2 heteroatoms. The van der Waals surface area contributed by atoms with Crippen LogP contribution in [0.5, 0.6) is 5.75 Å². The van der Waals surface area contributed by atoms with Crippen molar-refractivity contribution in [1.29, 1.82) is 0 Å². The van der Waals surface area contributed by atoms with Crippen LogP contribution in [0.4, 0.5) is 0 Å². The lowest BCUT2D eigenvalue weighted by atomic mass is 9.83. The van der Waals surface area contributed by atoms with Gasteiger partial charge in [0.2, 0.25) is 0 Å². The summed E-state index contributed by atoms with van der Waals surface area (Å²) in [7, 11) is 1.77. The maximum atomic E-state index is 5.52. The highest BCUT2D eigenvalue weighted by Gasteiger charge is 2.37. The van der Waals surface area contributed by atoms with Crippen molar-refractivity contribution >= 4 is 11.8 Å². The quantitative estimate of drug-likeness (QED) is 0.772. The van der Waals surface area contributed by atoms with Crippen molar-refractivity contribution in [3.8, 4) is 5.75 Å². The van der Waals surface area contributed by atoms with Gasteiger partial charge in [-0.15, -0.1) is 0 Å². The molecule has 1 fully saturated rings. The van der Waals surface area contributed by atoms with Gasteiger partial charge in [-0.1, -0.05) is 32.9 Å². The Balaban J connectivity index is 2.47. The first kappa shape index (κ1) is 12.8. The molecule has 1 aromatic carbocycles. The molecule has 1 aliphatic heterocycles. The molecule has 0 bridgehead atoms. The summed E-state index contributed by atoms with van der Waals surface area (Å²) < 4.78 is 5.78. The first-order valence-corrected chi connectivity index (χ1v) is 7.18. The van der Waals surface area contributed by atoms with Crippen LogP contribution in [0.1, 0.15) is 45.2 Å². The molecule has 1 nitrogen and oxygen atoms in total. The first-order chi connectivity index (χ1) is 7.87. The summed E-state index contributed by atoms with van der Waals surface area (Å²) in [6.45, 7) is 9.10. The van der Waals surface area contributed by atoms with E-state index in [-0.39, 0.29) is 10.2 Å². The SMILES string of the molecule is COc1ccc(C(C)(C)C)cc1C1(C)CCS1. The van der Waals surface area contributed by atoms with Gasteiger partial charge in [-0.05, 0) is 36.1 Å². The van der Waals surface area contributed by atoms with Crippen LogP contribution in [0.2, 0.25) is 0 Å². The molecule has 17 heavy (non-hydrogen) atoms. The van der Waals surface area contributed by atoms with E-state index in [0.29, 0.717) is 0 Å². The minimum absolute atomic E-state index is 0.200. The summed E-state index contributed by atoms with van der Waals surface area (Å²) >= 11 is 2.03. The topological polar surface area (TPSA) is 9.23 Å². The summed E-state index contributed by atoms with van der Waals surface area (Å²) in [5, 5.41) is 0. The average molecular weight is 250 g/mol. The third kappa shape index (κ3) is 2.33. The maximum Gasteiger partial charge on any atom is 0.123 e. The number of rotatable bonds is 2. The van der Waals surface area contributed by atoms with Crippen LogP contribution in [0, 0.1) is 0 Å². The van der Waals surface area contributed by atoms with Crippen LogP contribution in [-0.2, 0) is 10.2 Å². The van der Waals surface area contributed by atoms with E-state index in [1.165, 1.54) is 23.3 Å². The van der Waals surface area contributed by atoms with Gasteiger partial charge in [-0.2, -0.15) is 11.8 Å². The van der Waals surface area contributed by atoms with Gasteiger partial charge in [0.25, 0.3) is 0 Å². The lowest BCUT2D eigenvalue weighted by Crippen LogP contribution is -2.29. The molecule has 94 valence electrons. The lowest BCUT2D eigenvalue weighted by molar-refractivity contribution is 0.400. The van der Waals surface area contributed by atoms with Crippen molar-refractivity contribution in [2.24, 2.45) is 0 Å². The highest BCUT2D eigenvalue weighted by atomic mass is 32.2. The smallest absolute Gasteiger partial charge is 0.123 e. The van der Waals surface area contributed by atoms with E-state index in [1.54, 1.807) is 7.11 Å². The highest BCUT2D eigenvalue weighted by molar-refractivity contribution is 8.01. The van der Waals surface area contributed by atoms with Crippen LogP contribution in [0.25, 0.3) is 0 Å². The van der Waals surface area contributed by atoms with Crippen molar-refractivity contribution < 1.29 is 4.74 Å². The first-order valence-electron chi connectivity index (χ1n) is 6.20. The minimum Gasteiger partial charge on any atom is -0.496 e. The fourth-order valence-electron chi connectivity index (χ4n) is 2.21. The largest absolute Gasteiger partial charge is 0.496 e. The normalized spacial score (nSPS) is 24.3. The van der Waals surface area contributed by atoms with Crippen molar-refractivity contribution in [2.75, 3.05) is 12.9 Å². The second-order valence-electron chi connectivity index (χ2n) is 5.99. The molecule has 0 radical (unpaired) electrons. The van der Waals surface area contributed by atoms with E-state index in [9.17, 15) is 0 Å². The second-order valence-corrected chi connectivity index (χ2v) is 7.59. The number of benzene rings is 1. The molecule has 1 saturated heterocycles. The van der Waals surface area contributed by atoms with E-state index in [4.69, 9.17) is 4.74 Å². The Bertz CT molecular complexity index is 413. The van der Waals surface area contributed by atoms with Crippen molar-refractivity contribution in [2.45, 2.75) is 44.3 Å². The molecule has 1 aliphatic rings. The van der Waals surface area contributed by atoms with E-state index >= 15 is 0 Å².